The van der Waals surface area contributed by atoms with Crippen LogP contribution in [0.3, 0.4) is 0 Å². The average Bonchev–Trinajstić information content (AvgIpc) is 2.55. The quantitative estimate of drug-likeness (QED) is 0.526. The molecule has 2 rings (SSSR count). The number of aryl methyl sites for hydroxylation is 1. The standard InChI is InChI=1S/C20H24O2/c1-3-4-6-13-18-16(2)10-9-14-19(18)20(21)22-15-17-11-7-5-8-12-17/h5,7-12,14H,3-4,6,13,15H2,1-2H3. The predicted molar refractivity (Wildman–Crippen MR) is 90.0 cm³/mol. The summed E-state index contributed by atoms with van der Waals surface area (Å²) in [6.07, 6.45) is 4.42. The number of carbonyl (C=O) groups excluding carboxylic acids is 1. The Balaban J connectivity index is 2.06. The first-order valence-corrected chi connectivity index (χ1v) is 8.02. The third kappa shape index (κ3) is 4.45. The summed E-state index contributed by atoms with van der Waals surface area (Å²) in [6, 6.07) is 15.7. The Hall–Kier alpha value is -2.09. The SMILES string of the molecule is CCCCCc1c(C)cccc1C(=O)OCc1ccccc1. The summed E-state index contributed by atoms with van der Waals surface area (Å²) in [7, 11) is 0. The summed E-state index contributed by atoms with van der Waals surface area (Å²) in [6.45, 7) is 4.57. The number of ether oxygens (including phenoxy) is 1. The number of benzene rings is 2. The molecule has 0 saturated heterocycles. The van der Waals surface area contributed by atoms with E-state index in [9.17, 15) is 4.79 Å². The van der Waals surface area contributed by atoms with Crippen LogP contribution in [-0.2, 0) is 17.8 Å². The molecule has 0 aliphatic carbocycles. The van der Waals surface area contributed by atoms with Gasteiger partial charge in [-0.05, 0) is 42.5 Å². The van der Waals surface area contributed by atoms with Crippen LogP contribution in [0.5, 0.6) is 0 Å². The van der Waals surface area contributed by atoms with E-state index in [2.05, 4.69) is 19.9 Å². The summed E-state index contributed by atoms with van der Waals surface area (Å²) in [4.78, 5) is 12.4. The minimum atomic E-state index is -0.223. The van der Waals surface area contributed by atoms with Gasteiger partial charge in [0.25, 0.3) is 0 Å². The molecule has 0 N–H and O–H groups in total. The fraction of sp³-hybridized carbons (Fsp3) is 0.350. The zero-order valence-electron chi connectivity index (χ0n) is 13.5. The molecule has 0 spiro atoms. The smallest absolute Gasteiger partial charge is 0.338 e. The molecular weight excluding hydrogens is 272 g/mol. The highest BCUT2D eigenvalue weighted by molar-refractivity contribution is 5.91. The molecule has 22 heavy (non-hydrogen) atoms. The molecule has 2 nitrogen and oxygen atoms in total. The van der Waals surface area contributed by atoms with E-state index >= 15 is 0 Å². The molecule has 0 aliphatic rings. The minimum Gasteiger partial charge on any atom is -0.457 e. The highest BCUT2D eigenvalue weighted by Crippen LogP contribution is 2.19. The van der Waals surface area contributed by atoms with Gasteiger partial charge in [-0.1, -0.05) is 62.2 Å². The Morgan fingerprint density at radius 1 is 1.00 bits per heavy atom. The Morgan fingerprint density at radius 2 is 1.77 bits per heavy atom. The second kappa shape index (κ2) is 8.38. The maximum atomic E-state index is 12.4. The van der Waals surface area contributed by atoms with Crippen molar-refractivity contribution in [3.8, 4) is 0 Å². The van der Waals surface area contributed by atoms with Crippen LogP contribution in [0.25, 0.3) is 0 Å². The number of carbonyl (C=O) groups is 1. The van der Waals surface area contributed by atoms with Gasteiger partial charge in [0.05, 0.1) is 5.56 Å². The van der Waals surface area contributed by atoms with Crippen molar-refractivity contribution in [1.29, 1.82) is 0 Å². The van der Waals surface area contributed by atoms with Gasteiger partial charge in [-0.3, -0.25) is 0 Å². The summed E-state index contributed by atoms with van der Waals surface area (Å²) >= 11 is 0. The van der Waals surface area contributed by atoms with Crippen molar-refractivity contribution < 1.29 is 9.53 Å². The van der Waals surface area contributed by atoms with Gasteiger partial charge in [-0.2, -0.15) is 0 Å². The van der Waals surface area contributed by atoms with Crippen molar-refractivity contribution in [1.82, 2.24) is 0 Å². The van der Waals surface area contributed by atoms with E-state index in [1.807, 2.05) is 42.5 Å². The predicted octanol–water partition coefficient (Wildman–Crippen LogP) is 5.08. The van der Waals surface area contributed by atoms with Gasteiger partial charge in [-0.25, -0.2) is 4.79 Å². The van der Waals surface area contributed by atoms with Gasteiger partial charge in [-0.15, -0.1) is 0 Å². The molecule has 116 valence electrons. The molecule has 2 aromatic rings. The Labute approximate surface area is 133 Å². The fourth-order valence-corrected chi connectivity index (χ4v) is 2.58. The van der Waals surface area contributed by atoms with Crippen molar-refractivity contribution in [2.75, 3.05) is 0 Å². The summed E-state index contributed by atoms with van der Waals surface area (Å²) in [5.74, 6) is -0.223. The van der Waals surface area contributed by atoms with Crippen molar-refractivity contribution >= 4 is 5.97 Å². The Kier molecular flexibility index (Phi) is 6.20. The summed E-state index contributed by atoms with van der Waals surface area (Å²) in [5, 5.41) is 0. The molecule has 0 amide bonds. The lowest BCUT2D eigenvalue weighted by atomic mass is 9.96. The molecule has 0 saturated carbocycles. The summed E-state index contributed by atoms with van der Waals surface area (Å²) in [5.41, 5.74) is 4.03. The topological polar surface area (TPSA) is 26.3 Å². The second-order valence-corrected chi connectivity index (χ2v) is 5.62. The highest BCUT2D eigenvalue weighted by Gasteiger charge is 2.14. The summed E-state index contributed by atoms with van der Waals surface area (Å²) < 4.78 is 5.48. The van der Waals surface area contributed by atoms with Gasteiger partial charge in [0.1, 0.15) is 6.61 Å². The lowest BCUT2D eigenvalue weighted by Gasteiger charge is -2.12. The zero-order valence-corrected chi connectivity index (χ0v) is 13.5. The van der Waals surface area contributed by atoms with E-state index in [1.165, 1.54) is 18.4 Å². The average molecular weight is 296 g/mol. The monoisotopic (exact) mass is 296 g/mol. The molecule has 0 heterocycles. The lowest BCUT2D eigenvalue weighted by Crippen LogP contribution is -2.10. The molecule has 0 radical (unpaired) electrons. The first-order chi connectivity index (χ1) is 10.7. The van der Waals surface area contributed by atoms with Crippen LogP contribution in [0.2, 0.25) is 0 Å². The minimum absolute atomic E-state index is 0.223. The van der Waals surface area contributed by atoms with Gasteiger partial charge in [0.2, 0.25) is 0 Å². The number of rotatable bonds is 7. The highest BCUT2D eigenvalue weighted by atomic mass is 16.5. The number of unbranched alkanes of at least 4 members (excludes halogenated alkanes) is 2. The van der Waals surface area contributed by atoms with Crippen LogP contribution >= 0.6 is 0 Å². The van der Waals surface area contributed by atoms with E-state index < -0.39 is 0 Å². The molecule has 0 aromatic heterocycles. The number of esters is 1. The Bertz CT molecular complexity index is 602. The maximum absolute atomic E-state index is 12.4. The van der Waals surface area contributed by atoms with Crippen molar-refractivity contribution in [3.05, 3.63) is 70.8 Å². The largest absolute Gasteiger partial charge is 0.457 e. The number of hydrogen-bond donors (Lipinski definition) is 0. The lowest BCUT2D eigenvalue weighted by molar-refractivity contribution is 0.0471. The van der Waals surface area contributed by atoms with Crippen molar-refractivity contribution in [3.63, 3.8) is 0 Å². The van der Waals surface area contributed by atoms with Crippen molar-refractivity contribution in [2.24, 2.45) is 0 Å². The second-order valence-electron chi connectivity index (χ2n) is 5.62. The maximum Gasteiger partial charge on any atom is 0.338 e. The van der Waals surface area contributed by atoms with Crippen LogP contribution in [0, 0.1) is 6.92 Å². The normalized spacial score (nSPS) is 10.5. The molecule has 0 fully saturated rings. The molecule has 2 aromatic carbocycles. The van der Waals surface area contributed by atoms with Gasteiger partial charge < -0.3 is 4.74 Å². The third-order valence-electron chi connectivity index (χ3n) is 3.87. The van der Waals surface area contributed by atoms with Gasteiger partial charge >= 0.3 is 5.97 Å². The van der Waals surface area contributed by atoms with E-state index in [0.717, 1.165) is 24.0 Å². The molecular formula is C20H24O2. The first-order valence-electron chi connectivity index (χ1n) is 8.02. The Morgan fingerprint density at radius 3 is 2.50 bits per heavy atom. The first kappa shape index (κ1) is 16.3. The fourth-order valence-electron chi connectivity index (χ4n) is 2.58. The molecule has 0 bridgehead atoms. The van der Waals surface area contributed by atoms with Crippen LogP contribution in [-0.4, -0.2) is 5.97 Å². The molecule has 0 atom stereocenters. The van der Waals surface area contributed by atoms with E-state index in [-0.39, 0.29) is 5.97 Å². The van der Waals surface area contributed by atoms with E-state index in [0.29, 0.717) is 12.2 Å². The third-order valence-corrected chi connectivity index (χ3v) is 3.87. The van der Waals surface area contributed by atoms with Crippen LogP contribution < -0.4 is 0 Å². The van der Waals surface area contributed by atoms with Crippen molar-refractivity contribution in [2.45, 2.75) is 46.1 Å². The van der Waals surface area contributed by atoms with Gasteiger partial charge in [0.15, 0.2) is 0 Å². The van der Waals surface area contributed by atoms with Crippen LogP contribution in [0.4, 0.5) is 0 Å². The van der Waals surface area contributed by atoms with Gasteiger partial charge in [0, 0.05) is 0 Å². The molecule has 2 heteroatoms. The van der Waals surface area contributed by atoms with E-state index in [1.54, 1.807) is 0 Å². The number of hydrogen-bond acceptors (Lipinski definition) is 2. The van der Waals surface area contributed by atoms with Crippen LogP contribution in [0.1, 0.15) is 53.2 Å². The zero-order chi connectivity index (χ0) is 15.8. The molecule has 0 unspecified atom stereocenters. The van der Waals surface area contributed by atoms with Crippen LogP contribution in [0.15, 0.2) is 48.5 Å². The van der Waals surface area contributed by atoms with E-state index in [4.69, 9.17) is 4.74 Å². The molecule has 0 aliphatic heterocycles.